The SMILES string of the molecule is CC(C)[n+]1ncc[nH]1. The molecule has 0 atom stereocenters. The summed E-state index contributed by atoms with van der Waals surface area (Å²) in [5.41, 5.74) is 0. The Balaban J connectivity index is 2.77. The van der Waals surface area contributed by atoms with E-state index in [1.54, 1.807) is 17.2 Å². The molecule has 0 unspecified atom stereocenters. The highest BCUT2D eigenvalue weighted by Gasteiger charge is 2.05. The van der Waals surface area contributed by atoms with Crippen LogP contribution >= 0.6 is 0 Å². The maximum Gasteiger partial charge on any atom is 0.204 e. The van der Waals surface area contributed by atoms with Crippen LogP contribution in [-0.2, 0) is 0 Å². The van der Waals surface area contributed by atoms with Crippen LogP contribution in [0.3, 0.4) is 0 Å². The Kier molecular flexibility index (Phi) is 1.28. The largest absolute Gasteiger partial charge is 0.204 e. The van der Waals surface area contributed by atoms with Gasteiger partial charge >= 0.3 is 0 Å². The first kappa shape index (κ1) is 5.28. The van der Waals surface area contributed by atoms with E-state index in [-0.39, 0.29) is 0 Å². The summed E-state index contributed by atoms with van der Waals surface area (Å²) in [5, 5.41) is 6.92. The first-order chi connectivity index (χ1) is 3.80. The van der Waals surface area contributed by atoms with E-state index in [0.717, 1.165) is 0 Å². The molecule has 0 radical (unpaired) electrons. The van der Waals surface area contributed by atoms with E-state index in [0.29, 0.717) is 6.04 Å². The van der Waals surface area contributed by atoms with Crippen LogP contribution in [0.4, 0.5) is 0 Å². The molecule has 0 amide bonds. The zero-order valence-corrected chi connectivity index (χ0v) is 5.13. The van der Waals surface area contributed by atoms with E-state index in [9.17, 15) is 0 Å². The number of hydrogen-bond donors (Lipinski definition) is 1. The Bertz CT molecular complexity index is 143. The first-order valence-corrected chi connectivity index (χ1v) is 2.72. The number of H-pyrrole nitrogens is 1. The fourth-order valence-electron chi connectivity index (χ4n) is 0.531. The van der Waals surface area contributed by atoms with Crippen molar-refractivity contribution >= 4 is 0 Å². The highest BCUT2D eigenvalue weighted by Crippen LogP contribution is 1.83. The Morgan fingerprint density at radius 3 is 2.62 bits per heavy atom. The van der Waals surface area contributed by atoms with E-state index in [2.05, 4.69) is 24.0 Å². The van der Waals surface area contributed by atoms with Gasteiger partial charge in [0.05, 0.1) is 6.20 Å². The molecular weight excluding hydrogens is 102 g/mol. The van der Waals surface area contributed by atoms with Crippen LogP contribution in [0.15, 0.2) is 12.4 Å². The number of nitrogens with zero attached hydrogens (tertiary/aromatic N) is 2. The molecule has 1 N–H and O–H groups in total. The topological polar surface area (TPSA) is 32.6 Å². The third-order valence-electron chi connectivity index (χ3n) is 0.962. The molecule has 0 aliphatic rings. The van der Waals surface area contributed by atoms with Crippen molar-refractivity contribution < 1.29 is 4.80 Å². The smallest absolute Gasteiger partial charge is 0.147 e. The third kappa shape index (κ3) is 0.857. The van der Waals surface area contributed by atoms with Gasteiger partial charge in [-0.3, -0.25) is 0 Å². The van der Waals surface area contributed by atoms with Crippen molar-refractivity contribution in [2.75, 3.05) is 0 Å². The summed E-state index contributed by atoms with van der Waals surface area (Å²) < 4.78 is 0. The molecule has 0 saturated carbocycles. The van der Waals surface area contributed by atoms with Crippen molar-refractivity contribution in [1.82, 2.24) is 10.2 Å². The van der Waals surface area contributed by atoms with Gasteiger partial charge in [0.2, 0.25) is 6.04 Å². The van der Waals surface area contributed by atoms with Crippen molar-refractivity contribution in [3.63, 3.8) is 0 Å². The average Bonchev–Trinajstić information content (AvgIpc) is 2.12. The van der Waals surface area contributed by atoms with Crippen LogP contribution in [0.2, 0.25) is 0 Å². The molecule has 0 fully saturated rings. The lowest BCUT2D eigenvalue weighted by atomic mass is 10.4. The summed E-state index contributed by atoms with van der Waals surface area (Å²) in [6.45, 7) is 4.15. The predicted octanol–water partition coefficient (Wildman–Crippen LogP) is 0.278. The molecule has 0 bridgehead atoms. The van der Waals surface area contributed by atoms with Gasteiger partial charge in [-0.05, 0) is 4.80 Å². The molecule has 0 aromatic carbocycles. The lowest BCUT2D eigenvalue weighted by molar-refractivity contribution is -0.818. The lowest BCUT2D eigenvalue weighted by Crippen LogP contribution is -2.40. The highest BCUT2D eigenvalue weighted by atomic mass is 15.5. The van der Waals surface area contributed by atoms with E-state index in [4.69, 9.17) is 0 Å². The van der Waals surface area contributed by atoms with Crippen molar-refractivity contribution in [2.45, 2.75) is 19.9 Å². The van der Waals surface area contributed by atoms with Gasteiger partial charge in [0.25, 0.3) is 0 Å². The molecule has 3 nitrogen and oxygen atoms in total. The molecule has 3 heteroatoms. The lowest BCUT2D eigenvalue weighted by Gasteiger charge is -1.86. The minimum Gasteiger partial charge on any atom is -0.147 e. The summed E-state index contributed by atoms with van der Waals surface area (Å²) in [4.78, 5) is 1.79. The maximum atomic E-state index is 3.98. The van der Waals surface area contributed by atoms with Crippen LogP contribution in [-0.4, -0.2) is 10.2 Å². The maximum absolute atomic E-state index is 3.98. The van der Waals surface area contributed by atoms with E-state index >= 15 is 0 Å². The second-order valence-electron chi connectivity index (χ2n) is 2.00. The normalized spacial score (nSPS) is 10.4. The van der Waals surface area contributed by atoms with Gasteiger partial charge in [-0.2, -0.15) is 0 Å². The first-order valence-electron chi connectivity index (χ1n) is 2.72. The Labute approximate surface area is 48.3 Å². The fraction of sp³-hybridized carbons (Fsp3) is 0.600. The average molecular weight is 112 g/mol. The zero-order chi connectivity index (χ0) is 5.98. The summed E-state index contributed by atoms with van der Waals surface area (Å²) in [7, 11) is 0. The Morgan fingerprint density at radius 1 is 1.62 bits per heavy atom. The number of hydrogen-bond acceptors (Lipinski definition) is 1. The number of aromatic amines is 1. The second kappa shape index (κ2) is 1.94. The molecule has 0 aliphatic heterocycles. The van der Waals surface area contributed by atoms with Gasteiger partial charge in [0.15, 0.2) is 0 Å². The van der Waals surface area contributed by atoms with E-state index in [1.165, 1.54) is 0 Å². The molecule has 1 heterocycles. The quantitative estimate of drug-likeness (QED) is 0.520. The van der Waals surface area contributed by atoms with Gasteiger partial charge < -0.3 is 0 Å². The molecule has 44 valence electrons. The van der Waals surface area contributed by atoms with Crippen molar-refractivity contribution in [1.29, 1.82) is 0 Å². The van der Waals surface area contributed by atoms with Crippen LogP contribution in [0, 0.1) is 0 Å². The standard InChI is InChI=1S/C5H9N3/c1-5(2)8-6-3-4-7-8/h3-5H,1-2H3/p+1. The van der Waals surface area contributed by atoms with Crippen LogP contribution in [0.5, 0.6) is 0 Å². The second-order valence-corrected chi connectivity index (χ2v) is 2.00. The van der Waals surface area contributed by atoms with Crippen molar-refractivity contribution in [3.05, 3.63) is 12.4 Å². The summed E-state index contributed by atoms with van der Waals surface area (Å²) in [5.74, 6) is 0. The molecule has 1 aromatic heterocycles. The van der Waals surface area contributed by atoms with Gasteiger partial charge in [-0.25, -0.2) is 0 Å². The zero-order valence-electron chi connectivity index (χ0n) is 5.13. The minimum atomic E-state index is 0.435. The minimum absolute atomic E-state index is 0.435. The van der Waals surface area contributed by atoms with E-state index < -0.39 is 0 Å². The monoisotopic (exact) mass is 112 g/mol. The van der Waals surface area contributed by atoms with Crippen molar-refractivity contribution in [2.24, 2.45) is 0 Å². The van der Waals surface area contributed by atoms with Gasteiger partial charge in [-0.1, -0.05) is 0 Å². The summed E-state index contributed by atoms with van der Waals surface area (Å²) >= 11 is 0. The molecule has 0 aliphatic carbocycles. The summed E-state index contributed by atoms with van der Waals surface area (Å²) in [6.07, 6.45) is 3.54. The number of aromatic nitrogens is 3. The van der Waals surface area contributed by atoms with Crippen LogP contribution in [0.1, 0.15) is 19.9 Å². The van der Waals surface area contributed by atoms with Gasteiger partial charge in [0, 0.05) is 18.9 Å². The molecule has 1 rings (SSSR count). The third-order valence-corrected chi connectivity index (χ3v) is 0.962. The van der Waals surface area contributed by atoms with Gasteiger partial charge in [-0.15, -0.1) is 5.10 Å². The number of nitrogens with one attached hydrogen (secondary N) is 1. The van der Waals surface area contributed by atoms with Gasteiger partial charge in [0.1, 0.15) is 6.20 Å². The molecule has 0 saturated heterocycles. The predicted molar refractivity (Wildman–Crippen MR) is 29.2 cm³/mol. The fourth-order valence-corrected chi connectivity index (χ4v) is 0.531. The number of rotatable bonds is 1. The van der Waals surface area contributed by atoms with Crippen LogP contribution in [0.25, 0.3) is 0 Å². The Morgan fingerprint density at radius 2 is 2.38 bits per heavy atom. The molecule has 0 spiro atoms. The molecule has 1 aromatic rings. The highest BCUT2D eigenvalue weighted by molar-refractivity contribution is 4.52. The Hall–Kier alpha value is -0.860. The summed E-state index contributed by atoms with van der Waals surface area (Å²) in [6, 6.07) is 0.435. The van der Waals surface area contributed by atoms with E-state index in [1.807, 2.05) is 0 Å². The van der Waals surface area contributed by atoms with Crippen molar-refractivity contribution in [3.8, 4) is 0 Å². The molecule has 8 heavy (non-hydrogen) atoms. The van der Waals surface area contributed by atoms with Crippen LogP contribution < -0.4 is 4.80 Å². The molecular formula is C5H10N3+.